The molecule has 3 heterocycles. The number of carbonyl (C=O) groups excluding carboxylic acids is 1. The van der Waals surface area contributed by atoms with E-state index in [1.807, 2.05) is 6.92 Å². The molecule has 1 atom stereocenters. The number of ether oxygens (including phenoxy) is 1. The van der Waals surface area contributed by atoms with Crippen LogP contribution >= 0.6 is 0 Å². The summed E-state index contributed by atoms with van der Waals surface area (Å²) in [6.45, 7) is 5.15. The van der Waals surface area contributed by atoms with Crippen LogP contribution in [0.2, 0.25) is 0 Å². The van der Waals surface area contributed by atoms with E-state index in [9.17, 15) is 4.79 Å². The zero-order chi connectivity index (χ0) is 19.8. The number of nitrogens with zero attached hydrogens (tertiary/aromatic N) is 2. The summed E-state index contributed by atoms with van der Waals surface area (Å²) in [7, 11) is 0. The van der Waals surface area contributed by atoms with Crippen LogP contribution in [0.3, 0.4) is 0 Å². The Morgan fingerprint density at radius 2 is 1.97 bits per heavy atom. The quantitative estimate of drug-likeness (QED) is 0.552. The average Bonchev–Trinajstić information content (AvgIpc) is 3.12. The van der Waals surface area contributed by atoms with E-state index in [0.29, 0.717) is 13.2 Å². The molecule has 5 heteroatoms. The van der Waals surface area contributed by atoms with Crippen molar-refractivity contribution in [3.8, 4) is 0 Å². The Hall–Kier alpha value is -2.92. The highest BCUT2D eigenvalue weighted by Crippen LogP contribution is 2.33. The zero-order valence-electron chi connectivity index (χ0n) is 16.7. The Morgan fingerprint density at radius 3 is 2.79 bits per heavy atom. The minimum Gasteiger partial charge on any atom is -0.465 e. The van der Waals surface area contributed by atoms with Gasteiger partial charge in [0.05, 0.1) is 12.5 Å². The number of nitrogens with one attached hydrogen (secondary N) is 1. The van der Waals surface area contributed by atoms with Crippen molar-refractivity contribution in [3.05, 3.63) is 71.4 Å². The summed E-state index contributed by atoms with van der Waals surface area (Å²) in [5, 5.41) is 1.33. The van der Waals surface area contributed by atoms with Crippen molar-refractivity contribution < 1.29 is 14.1 Å². The minimum absolute atomic E-state index is 0.147. The smallest absolute Gasteiger partial charge is 0.320 e. The van der Waals surface area contributed by atoms with Crippen LogP contribution in [0.5, 0.6) is 0 Å². The van der Waals surface area contributed by atoms with Gasteiger partial charge >= 0.3 is 5.97 Å². The number of carbonyl (C=O) groups is 1. The number of H-pyrrole nitrogens is 1. The summed E-state index contributed by atoms with van der Waals surface area (Å²) in [5.74, 6) is 0.0672. The molecule has 1 unspecified atom stereocenters. The molecule has 0 amide bonds. The van der Waals surface area contributed by atoms with Gasteiger partial charge < -0.3 is 9.72 Å². The molecule has 1 N–H and O–H groups in total. The predicted octanol–water partition coefficient (Wildman–Crippen LogP) is 3.15. The molecule has 0 fully saturated rings. The van der Waals surface area contributed by atoms with Crippen LogP contribution in [0.1, 0.15) is 29.7 Å². The second-order valence-corrected chi connectivity index (χ2v) is 7.84. The Labute approximate surface area is 170 Å². The van der Waals surface area contributed by atoms with Crippen molar-refractivity contribution in [3.63, 3.8) is 0 Å². The van der Waals surface area contributed by atoms with Crippen LogP contribution in [0, 0.1) is 0 Å². The molecule has 0 aliphatic carbocycles. The van der Waals surface area contributed by atoms with Crippen LogP contribution in [0.15, 0.2) is 54.6 Å². The average molecular weight is 388 g/mol. The van der Waals surface area contributed by atoms with E-state index >= 15 is 0 Å². The maximum atomic E-state index is 12.1. The highest BCUT2D eigenvalue weighted by molar-refractivity contribution is 6.07. The van der Waals surface area contributed by atoms with Crippen molar-refractivity contribution in [2.45, 2.75) is 19.3 Å². The molecule has 0 radical (unpaired) electrons. The Bertz CT molecular complexity index is 1080. The number of hydrogen-bond acceptors (Lipinski definition) is 3. The maximum Gasteiger partial charge on any atom is 0.320 e. The number of aromatic nitrogens is 1. The molecule has 2 aromatic carbocycles. The lowest BCUT2D eigenvalue weighted by molar-refractivity contribution is -0.556. The van der Waals surface area contributed by atoms with E-state index in [1.54, 1.807) is 0 Å². The highest BCUT2D eigenvalue weighted by Gasteiger charge is 2.41. The number of aromatic amines is 1. The third kappa shape index (κ3) is 3.25. The van der Waals surface area contributed by atoms with E-state index in [4.69, 9.17) is 4.74 Å². The molecule has 3 aromatic rings. The second kappa shape index (κ2) is 7.48. The number of para-hydroxylation sites is 1. The lowest BCUT2D eigenvalue weighted by atomic mass is 9.86. The van der Waals surface area contributed by atoms with Gasteiger partial charge in [0.1, 0.15) is 18.8 Å². The summed E-state index contributed by atoms with van der Waals surface area (Å²) in [4.78, 5) is 18.1. The van der Waals surface area contributed by atoms with Crippen molar-refractivity contribution in [1.29, 1.82) is 0 Å². The molecule has 0 spiro atoms. The predicted molar refractivity (Wildman–Crippen MR) is 113 cm³/mol. The first kappa shape index (κ1) is 18.1. The minimum atomic E-state index is -0.147. The summed E-state index contributed by atoms with van der Waals surface area (Å²) < 4.78 is 7.65. The number of fused-ring (bicyclic) bond motifs is 4. The van der Waals surface area contributed by atoms with Crippen molar-refractivity contribution in [1.82, 2.24) is 9.88 Å². The molecule has 2 aliphatic heterocycles. The van der Waals surface area contributed by atoms with E-state index in [0.717, 1.165) is 26.2 Å². The van der Waals surface area contributed by atoms with Crippen molar-refractivity contribution >= 4 is 22.6 Å². The van der Waals surface area contributed by atoms with Gasteiger partial charge in [-0.1, -0.05) is 48.5 Å². The van der Waals surface area contributed by atoms with Gasteiger partial charge in [-0.15, -0.1) is 0 Å². The normalized spacial score (nSPS) is 19.1. The zero-order valence-corrected chi connectivity index (χ0v) is 16.7. The molecule has 29 heavy (non-hydrogen) atoms. The van der Waals surface area contributed by atoms with Gasteiger partial charge in [-0.2, -0.15) is 0 Å². The fourth-order valence-corrected chi connectivity index (χ4v) is 4.84. The number of esters is 1. The van der Waals surface area contributed by atoms with Crippen LogP contribution in [0.4, 0.5) is 0 Å². The SMILES string of the molecule is CCOC(=O)CN1CC(c2ccccc2)C2=[N+](CCc3c2[nH]c2ccccc32)C1. The van der Waals surface area contributed by atoms with Crippen LogP contribution < -0.4 is 0 Å². The van der Waals surface area contributed by atoms with Crippen LogP contribution in [-0.4, -0.2) is 59.1 Å². The fraction of sp³-hybridized carbons (Fsp3) is 0.333. The summed E-state index contributed by atoms with van der Waals surface area (Å²) in [5.41, 5.74) is 6.53. The highest BCUT2D eigenvalue weighted by atomic mass is 16.5. The van der Waals surface area contributed by atoms with Crippen LogP contribution in [-0.2, 0) is 16.0 Å². The van der Waals surface area contributed by atoms with E-state index < -0.39 is 0 Å². The molecule has 0 saturated carbocycles. The van der Waals surface area contributed by atoms with E-state index in [2.05, 4.69) is 69.1 Å². The van der Waals surface area contributed by atoms with Gasteiger partial charge in [0.25, 0.3) is 0 Å². The van der Waals surface area contributed by atoms with Crippen molar-refractivity contribution in [2.75, 3.05) is 32.9 Å². The molecule has 0 bridgehead atoms. The van der Waals surface area contributed by atoms with E-state index in [-0.39, 0.29) is 11.9 Å². The second-order valence-electron chi connectivity index (χ2n) is 7.84. The molecule has 2 aliphatic rings. The van der Waals surface area contributed by atoms with Gasteiger partial charge in [-0.05, 0) is 24.1 Å². The maximum absolute atomic E-state index is 12.1. The molecular formula is C24H26N3O2+. The Balaban J connectivity index is 1.59. The van der Waals surface area contributed by atoms with Gasteiger partial charge in [-0.25, -0.2) is 9.48 Å². The first-order valence-electron chi connectivity index (χ1n) is 10.4. The van der Waals surface area contributed by atoms with Gasteiger partial charge in [0, 0.05) is 23.9 Å². The molecule has 0 saturated heterocycles. The molecular weight excluding hydrogens is 362 g/mol. The lowest BCUT2D eigenvalue weighted by Crippen LogP contribution is -2.50. The van der Waals surface area contributed by atoms with Crippen molar-refractivity contribution in [2.24, 2.45) is 0 Å². The number of benzene rings is 2. The third-order valence-corrected chi connectivity index (χ3v) is 6.04. The Kier molecular flexibility index (Phi) is 4.68. The standard InChI is InChI=1S/C24H25N3O2/c1-2-29-22(28)15-26-14-20(17-8-4-3-5-9-17)24-23-19(12-13-27(24)16-26)18-10-6-7-11-21(18)25-23/h3-11,20H,2,12-16H2,1H3/p+1. The fourth-order valence-electron chi connectivity index (χ4n) is 4.84. The Morgan fingerprint density at radius 1 is 1.17 bits per heavy atom. The topological polar surface area (TPSA) is 48.3 Å². The van der Waals surface area contributed by atoms with E-state index in [1.165, 1.54) is 33.4 Å². The summed E-state index contributed by atoms with van der Waals surface area (Å²) in [6.07, 6.45) is 1.01. The molecule has 1 aromatic heterocycles. The molecule has 5 rings (SSSR count). The first-order valence-corrected chi connectivity index (χ1v) is 10.4. The van der Waals surface area contributed by atoms with Gasteiger partial charge in [0.15, 0.2) is 6.67 Å². The number of rotatable bonds is 4. The van der Waals surface area contributed by atoms with Crippen LogP contribution in [0.25, 0.3) is 10.9 Å². The molecule has 148 valence electrons. The third-order valence-electron chi connectivity index (χ3n) is 6.04. The van der Waals surface area contributed by atoms with Gasteiger partial charge in [-0.3, -0.25) is 4.79 Å². The summed E-state index contributed by atoms with van der Waals surface area (Å²) >= 11 is 0. The summed E-state index contributed by atoms with van der Waals surface area (Å²) in [6, 6.07) is 19.2. The monoisotopic (exact) mass is 388 g/mol. The first-order chi connectivity index (χ1) is 14.2. The lowest BCUT2D eigenvalue weighted by Gasteiger charge is -2.33. The molecule has 5 nitrogen and oxygen atoms in total. The number of hydrogen-bond donors (Lipinski definition) is 1. The largest absolute Gasteiger partial charge is 0.465 e. The van der Waals surface area contributed by atoms with Gasteiger partial charge in [0.2, 0.25) is 5.71 Å².